The van der Waals surface area contributed by atoms with Crippen molar-refractivity contribution in [3.05, 3.63) is 0 Å². The van der Waals surface area contributed by atoms with Crippen LogP contribution < -0.4 is 12.4 Å². The maximum atomic E-state index is 5.20. The number of hydrogen-bond donors (Lipinski definition) is 0. The van der Waals surface area contributed by atoms with Gasteiger partial charge >= 0.3 is 47.5 Å². The molecule has 4 heteroatoms. The van der Waals surface area contributed by atoms with Gasteiger partial charge in [-0.3, -0.25) is 0 Å². The molecule has 0 aromatic carbocycles. The van der Waals surface area contributed by atoms with Gasteiger partial charge in [-0.05, 0) is 0 Å². The predicted octanol–water partition coefficient (Wildman–Crippen LogP) is -2.80. The van der Waals surface area contributed by atoms with Gasteiger partial charge in [0.2, 0.25) is 0 Å². The Balaban J connectivity index is 0. The van der Waals surface area contributed by atoms with Gasteiger partial charge < -0.3 is 12.4 Å². The summed E-state index contributed by atoms with van der Waals surface area (Å²) in [6.07, 6.45) is 0. The smallest absolute Gasteiger partial charge is 1.00 e. The van der Waals surface area contributed by atoms with Gasteiger partial charge in [0.05, 0.1) is 0 Å². The SMILES string of the molecule is C[CH2][Al+][O][SiH2]C.[Cl-]. The summed E-state index contributed by atoms with van der Waals surface area (Å²) in [5.41, 5.74) is 0. The fourth-order valence-electron chi connectivity index (χ4n) is 0.236. The summed E-state index contributed by atoms with van der Waals surface area (Å²) >= 11 is 0.380. The maximum absolute atomic E-state index is 5.20. The van der Waals surface area contributed by atoms with Crippen molar-refractivity contribution >= 4 is 25.3 Å². The predicted molar refractivity (Wildman–Crippen MR) is 31.7 cm³/mol. The first-order valence-corrected chi connectivity index (χ1v) is 5.63. The van der Waals surface area contributed by atoms with Crippen LogP contribution in [0.4, 0.5) is 0 Å². The normalized spacial score (nSPS) is 8.29. The second-order valence-corrected chi connectivity index (χ2v) is 4.09. The van der Waals surface area contributed by atoms with E-state index in [0.717, 1.165) is 0 Å². The van der Waals surface area contributed by atoms with Gasteiger partial charge in [-0.25, -0.2) is 0 Å². The fraction of sp³-hybridized carbons (Fsp3) is 1.00. The topological polar surface area (TPSA) is 9.23 Å². The molecule has 0 bridgehead atoms. The second-order valence-electron chi connectivity index (χ2n) is 1.03. The first kappa shape index (κ1) is 10.9. The minimum Gasteiger partial charge on any atom is -1.00 e. The van der Waals surface area contributed by atoms with E-state index in [1.165, 1.54) is 5.28 Å². The van der Waals surface area contributed by atoms with E-state index in [0.29, 0.717) is 15.6 Å². The fourth-order valence-corrected chi connectivity index (χ4v) is 2.12. The molecule has 0 atom stereocenters. The maximum Gasteiger partial charge on any atom is -1.00 e. The van der Waals surface area contributed by atoms with Crippen LogP contribution in [-0.2, 0) is 3.48 Å². The molecule has 0 aliphatic rings. The van der Waals surface area contributed by atoms with Crippen molar-refractivity contribution in [1.82, 2.24) is 0 Å². The van der Waals surface area contributed by atoms with E-state index < -0.39 is 0 Å². The molecular weight excluding hydrogens is 143 g/mol. The summed E-state index contributed by atoms with van der Waals surface area (Å²) in [4.78, 5) is 0. The minimum atomic E-state index is -0.0600. The molecular formula is C3H10AlClOSi. The number of halogens is 1. The quantitative estimate of drug-likeness (QED) is 0.314. The zero-order valence-corrected chi connectivity index (χ0v) is 8.10. The van der Waals surface area contributed by atoms with E-state index in [4.69, 9.17) is 3.48 Å². The van der Waals surface area contributed by atoms with Crippen molar-refractivity contribution in [3.8, 4) is 0 Å². The summed E-state index contributed by atoms with van der Waals surface area (Å²) in [7, 11) is -0.0600. The Morgan fingerprint density at radius 3 is 2.43 bits per heavy atom. The Morgan fingerprint density at radius 2 is 2.29 bits per heavy atom. The molecule has 42 valence electrons. The standard InChI is InChI=1S/C2H5.CH5OSi.Al.ClH/c1-2;1-3-2;;/h1H2,2H3;3H2,1H3;;1H/q;-1;+2;/p-1. The summed E-state index contributed by atoms with van der Waals surface area (Å²) in [5.74, 6) is 0. The van der Waals surface area contributed by atoms with Gasteiger partial charge in [0.1, 0.15) is 0 Å². The van der Waals surface area contributed by atoms with Crippen LogP contribution in [0, 0.1) is 0 Å². The molecule has 1 nitrogen and oxygen atoms in total. The molecule has 0 spiro atoms. The third-order valence-corrected chi connectivity index (χ3v) is 3.06. The van der Waals surface area contributed by atoms with Crippen LogP contribution in [0.2, 0.25) is 11.8 Å². The van der Waals surface area contributed by atoms with Crippen molar-refractivity contribution in [1.29, 1.82) is 0 Å². The van der Waals surface area contributed by atoms with Crippen LogP contribution in [0.15, 0.2) is 0 Å². The van der Waals surface area contributed by atoms with Crippen LogP contribution in [0.5, 0.6) is 0 Å². The average Bonchev–Trinajstić information content (AvgIpc) is 1.61. The molecule has 0 aromatic heterocycles. The molecule has 0 aromatic rings. The van der Waals surface area contributed by atoms with Crippen molar-refractivity contribution in [2.24, 2.45) is 0 Å². The monoisotopic (exact) mass is 152 g/mol. The van der Waals surface area contributed by atoms with Crippen LogP contribution >= 0.6 is 0 Å². The van der Waals surface area contributed by atoms with Crippen LogP contribution in [-0.4, -0.2) is 25.3 Å². The summed E-state index contributed by atoms with van der Waals surface area (Å²) in [6, 6.07) is 0. The van der Waals surface area contributed by atoms with Crippen molar-refractivity contribution in [3.63, 3.8) is 0 Å². The molecule has 0 saturated heterocycles. The van der Waals surface area contributed by atoms with Crippen molar-refractivity contribution in [2.45, 2.75) is 18.8 Å². The van der Waals surface area contributed by atoms with E-state index in [1.54, 1.807) is 0 Å². The molecule has 0 heterocycles. The third kappa shape index (κ3) is 10.9. The Bertz CT molecular complexity index is 26.9. The van der Waals surface area contributed by atoms with Crippen LogP contribution in [0.25, 0.3) is 0 Å². The number of hydrogen-bond acceptors (Lipinski definition) is 1. The van der Waals surface area contributed by atoms with Gasteiger partial charge in [0.15, 0.2) is 0 Å². The molecule has 0 unspecified atom stereocenters. The summed E-state index contributed by atoms with van der Waals surface area (Å²) in [5, 5.41) is 1.25. The molecule has 0 radical (unpaired) electrons. The van der Waals surface area contributed by atoms with E-state index in [-0.39, 0.29) is 22.2 Å². The van der Waals surface area contributed by atoms with Gasteiger partial charge in [-0.15, -0.1) is 0 Å². The summed E-state index contributed by atoms with van der Waals surface area (Å²) in [6.45, 7) is 4.34. The Labute approximate surface area is 60.2 Å². The minimum absolute atomic E-state index is 0. The Hall–Kier alpha value is 0.999. The van der Waals surface area contributed by atoms with Gasteiger partial charge in [-0.1, -0.05) is 0 Å². The molecule has 0 saturated carbocycles. The van der Waals surface area contributed by atoms with Crippen molar-refractivity contribution < 1.29 is 15.9 Å². The van der Waals surface area contributed by atoms with Crippen LogP contribution in [0.1, 0.15) is 6.92 Å². The van der Waals surface area contributed by atoms with Crippen LogP contribution in [0.3, 0.4) is 0 Å². The van der Waals surface area contributed by atoms with Gasteiger partial charge in [0.25, 0.3) is 0 Å². The molecule has 0 aliphatic heterocycles. The Kier molecular flexibility index (Phi) is 15.7. The molecule has 0 rings (SSSR count). The van der Waals surface area contributed by atoms with Crippen molar-refractivity contribution in [2.75, 3.05) is 0 Å². The van der Waals surface area contributed by atoms with E-state index in [1.807, 2.05) is 0 Å². The molecule has 0 amide bonds. The Morgan fingerprint density at radius 1 is 1.71 bits per heavy atom. The number of rotatable bonds is 3. The average molecular weight is 153 g/mol. The molecule has 0 fully saturated rings. The van der Waals surface area contributed by atoms with E-state index in [2.05, 4.69) is 13.5 Å². The first-order chi connectivity index (χ1) is 2.91. The largest absolute Gasteiger partial charge is 1.00 e. The molecule has 7 heavy (non-hydrogen) atoms. The second kappa shape index (κ2) is 10.1. The molecule has 0 aliphatic carbocycles. The molecule has 0 N–H and O–H groups in total. The zero-order valence-electron chi connectivity index (χ0n) is 4.78. The first-order valence-electron chi connectivity index (χ1n) is 2.35. The zero-order chi connectivity index (χ0) is 4.83. The third-order valence-electron chi connectivity index (χ3n) is 0.451. The van der Waals surface area contributed by atoms with E-state index in [9.17, 15) is 0 Å². The summed E-state index contributed by atoms with van der Waals surface area (Å²) < 4.78 is 5.20. The van der Waals surface area contributed by atoms with Gasteiger partial charge in [0, 0.05) is 0 Å². The van der Waals surface area contributed by atoms with E-state index >= 15 is 0 Å². The van der Waals surface area contributed by atoms with Gasteiger partial charge in [-0.2, -0.15) is 0 Å².